The summed E-state index contributed by atoms with van der Waals surface area (Å²) in [6.45, 7) is 0.701. The Bertz CT molecular complexity index is 689. The number of ether oxygens (including phenoxy) is 1. The number of hydrogen-bond donors (Lipinski definition) is 1. The van der Waals surface area contributed by atoms with E-state index in [4.69, 9.17) is 17.0 Å². The van der Waals surface area contributed by atoms with Crippen LogP contribution in [0.2, 0.25) is 0 Å². The molecule has 9 heteroatoms. The summed E-state index contributed by atoms with van der Waals surface area (Å²) in [5, 5.41) is 8.65. The van der Waals surface area contributed by atoms with Crippen molar-refractivity contribution in [2.75, 3.05) is 11.9 Å². The fourth-order valence-corrected chi connectivity index (χ4v) is 4.77. The molecule has 0 radical (unpaired) electrons. The van der Waals surface area contributed by atoms with Gasteiger partial charge in [-0.25, -0.2) is 5.01 Å². The van der Waals surface area contributed by atoms with E-state index >= 15 is 0 Å². The van der Waals surface area contributed by atoms with Gasteiger partial charge in [0.1, 0.15) is 11.8 Å². The number of rotatable bonds is 4. The quantitative estimate of drug-likeness (QED) is 0.545. The minimum Gasteiger partial charge on any atom is -0.462 e. The van der Waals surface area contributed by atoms with Crippen LogP contribution in [0.5, 0.6) is 0 Å². The third kappa shape index (κ3) is 4.77. The lowest BCUT2D eigenvalue weighted by atomic mass is 10.3. The van der Waals surface area contributed by atoms with Crippen molar-refractivity contribution in [2.45, 2.75) is 51.0 Å². The number of thiophene rings is 1. The molecule has 1 saturated carbocycles. The standard InChI is InChI=1S/C16H19BrFN3O2S2/c17-13-11(9-12(22)23-10-5-1-2-6-10)25-15(18)14(13)20-16(24)21-8-4-3-7-19-21/h7,10H,1-6,8-9H2,(H,20,24). The Morgan fingerprint density at radius 2 is 2.24 bits per heavy atom. The summed E-state index contributed by atoms with van der Waals surface area (Å²) in [4.78, 5) is 12.7. The molecule has 0 saturated heterocycles. The van der Waals surface area contributed by atoms with Crippen molar-refractivity contribution in [3.8, 4) is 0 Å². The van der Waals surface area contributed by atoms with E-state index in [2.05, 4.69) is 26.3 Å². The van der Waals surface area contributed by atoms with Gasteiger partial charge in [-0.1, -0.05) is 0 Å². The van der Waals surface area contributed by atoms with E-state index in [-0.39, 0.29) is 24.2 Å². The van der Waals surface area contributed by atoms with E-state index in [1.54, 1.807) is 11.2 Å². The summed E-state index contributed by atoms with van der Waals surface area (Å²) in [6, 6.07) is 0. The number of carbonyl (C=O) groups excluding carboxylic acids is 1. The molecule has 5 nitrogen and oxygen atoms in total. The lowest BCUT2D eigenvalue weighted by Gasteiger charge is -2.22. The Morgan fingerprint density at radius 3 is 2.92 bits per heavy atom. The molecule has 2 aliphatic rings. The zero-order chi connectivity index (χ0) is 17.8. The van der Waals surface area contributed by atoms with Crippen LogP contribution in [0.3, 0.4) is 0 Å². The molecular formula is C16H19BrFN3O2S2. The number of hydrazone groups is 1. The maximum Gasteiger partial charge on any atom is 0.311 e. The Balaban J connectivity index is 1.63. The Labute approximate surface area is 163 Å². The van der Waals surface area contributed by atoms with Gasteiger partial charge in [0, 0.05) is 17.6 Å². The molecule has 1 fully saturated rings. The molecule has 1 aromatic heterocycles. The average molecular weight is 448 g/mol. The SMILES string of the molecule is O=C(Cc1sc(F)c(NC(=S)N2CCCC=N2)c1Br)OC1CCCC1. The van der Waals surface area contributed by atoms with Crippen molar-refractivity contribution in [3.63, 3.8) is 0 Å². The Hall–Kier alpha value is -1.06. The first-order chi connectivity index (χ1) is 12.0. The minimum absolute atomic E-state index is 0.0122. The van der Waals surface area contributed by atoms with Crippen LogP contribution in [-0.4, -0.2) is 35.0 Å². The minimum atomic E-state index is -0.418. The molecule has 1 N–H and O–H groups in total. The molecule has 2 heterocycles. The fraction of sp³-hybridized carbons (Fsp3) is 0.562. The van der Waals surface area contributed by atoms with Gasteiger partial charge in [-0.2, -0.15) is 9.49 Å². The van der Waals surface area contributed by atoms with Gasteiger partial charge in [0.05, 0.1) is 10.9 Å². The smallest absolute Gasteiger partial charge is 0.311 e. The van der Waals surface area contributed by atoms with Gasteiger partial charge < -0.3 is 10.1 Å². The van der Waals surface area contributed by atoms with Crippen molar-refractivity contribution in [3.05, 3.63) is 14.5 Å². The number of hydrogen-bond acceptors (Lipinski definition) is 5. The van der Waals surface area contributed by atoms with Gasteiger partial charge in [-0.15, -0.1) is 11.3 Å². The highest BCUT2D eigenvalue weighted by atomic mass is 79.9. The van der Waals surface area contributed by atoms with Crippen LogP contribution in [0.25, 0.3) is 0 Å². The molecule has 0 amide bonds. The second-order valence-corrected chi connectivity index (χ2v) is 8.29. The van der Waals surface area contributed by atoms with Crippen LogP contribution in [0.1, 0.15) is 43.4 Å². The van der Waals surface area contributed by atoms with Crippen LogP contribution >= 0.6 is 39.5 Å². The van der Waals surface area contributed by atoms with Crippen LogP contribution in [0.15, 0.2) is 9.57 Å². The summed E-state index contributed by atoms with van der Waals surface area (Å²) >= 11 is 9.60. The number of anilines is 1. The normalized spacial score (nSPS) is 17.8. The molecule has 3 rings (SSSR count). The summed E-state index contributed by atoms with van der Waals surface area (Å²) in [5.74, 6) is -0.316. The predicted octanol–water partition coefficient (Wildman–Crippen LogP) is 4.46. The summed E-state index contributed by atoms with van der Waals surface area (Å²) < 4.78 is 20.3. The first-order valence-corrected chi connectivity index (χ1v) is 10.3. The third-order valence-electron chi connectivity index (χ3n) is 4.17. The third-order valence-corrected chi connectivity index (χ3v) is 6.60. The summed E-state index contributed by atoms with van der Waals surface area (Å²) in [5.41, 5.74) is 0.249. The fourth-order valence-electron chi connectivity index (χ4n) is 2.88. The molecule has 1 aromatic rings. The monoisotopic (exact) mass is 447 g/mol. The van der Waals surface area contributed by atoms with Gasteiger partial charge in [0.25, 0.3) is 0 Å². The van der Waals surface area contributed by atoms with Crippen LogP contribution in [0.4, 0.5) is 10.1 Å². The molecule has 0 unspecified atom stereocenters. The second kappa shape index (κ2) is 8.55. The zero-order valence-electron chi connectivity index (χ0n) is 13.6. The largest absolute Gasteiger partial charge is 0.462 e. The molecule has 1 aliphatic carbocycles. The number of thiocarbonyl (C=S) groups is 1. The lowest BCUT2D eigenvalue weighted by Crippen LogP contribution is -2.33. The van der Waals surface area contributed by atoms with Crippen molar-refractivity contribution in [2.24, 2.45) is 5.10 Å². The first kappa shape index (κ1) is 18.7. The molecule has 136 valence electrons. The Morgan fingerprint density at radius 1 is 1.48 bits per heavy atom. The van der Waals surface area contributed by atoms with Crippen LogP contribution in [0, 0.1) is 5.13 Å². The van der Waals surface area contributed by atoms with Gasteiger partial charge in [0.2, 0.25) is 5.13 Å². The van der Waals surface area contributed by atoms with Gasteiger partial charge in [-0.05, 0) is 66.7 Å². The zero-order valence-corrected chi connectivity index (χ0v) is 16.8. The van der Waals surface area contributed by atoms with Crippen molar-refractivity contribution >= 4 is 62.5 Å². The molecule has 0 aromatic carbocycles. The second-order valence-electron chi connectivity index (χ2n) is 6.05. The van der Waals surface area contributed by atoms with E-state index in [9.17, 15) is 9.18 Å². The van der Waals surface area contributed by atoms with Crippen molar-refractivity contribution in [1.82, 2.24) is 5.01 Å². The molecule has 1 aliphatic heterocycles. The highest BCUT2D eigenvalue weighted by Gasteiger charge is 2.24. The summed E-state index contributed by atoms with van der Waals surface area (Å²) in [6.07, 6.45) is 7.76. The van der Waals surface area contributed by atoms with Crippen LogP contribution < -0.4 is 5.32 Å². The van der Waals surface area contributed by atoms with Crippen molar-refractivity contribution < 1.29 is 13.9 Å². The maximum absolute atomic E-state index is 14.3. The highest BCUT2D eigenvalue weighted by Crippen LogP contribution is 2.37. The molecule has 0 atom stereocenters. The van der Waals surface area contributed by atoms with Gasteiger partial charge >= 0.3 is 5.97 Å². The maximum atomic E-state index is 14.3. The van der Waals surface area contributed by atoms with E-state index in [0.717, 1.165) is 49.9 Å². The average Bonchev–Trinajstić information content (AvgIpc) is 3.19. The molecule has 0 bridgehead atoms. The predicted molar refractivity (Wildman–Crippen MR) is 105 cm³/mol. The number of carbonyl (C=O) groups is 1. The molecule has 25 heavy (non-hydrogen) atoms. The topological polar surface area (TPSA) is 53.9 Å². The van der Waals surface area contributed by atoms with E-state index in [1.165, 1.54) is 0 Å². The van der Waals surface area contributed by atoms with E-state index in [1.807, 2.05) is 0 Å². The first-order valence-electron chi connectivity index (χ1n) is 8.31. The molecule has 0 spiro atoms. The van der Waals surface area contributed by atoms with Crippen LogP contribution in [-0.2, 0) is 16.0 Å². The number of nitrogens with zero attached hydrogens (tertiary/aromatic N) is 2. The lowest BCUT2D eigenvalue weighted by molar-refractivity contribution is -0.147. The Kier molecular flexibility index (Phi) is 6.40. The van der Waals surface area contributed by atoms with E-state index < -0.39 is 5.13 Å². The van der Waals surface area contributed by atoms with E-state index in [0.29, 0.717) is 21.0 Å². The summed E-state index contributed by atoms with van der Waals surface area (Å²) in [7, 11) is 0. The number of halogens is 2. The van der Waals surface area contributed by atoms with Crippen molar-refractivity contribution in [1.29, 1.82) is 0 Å². The number of nitrogens with one attached hydrogen (secondary N) is 1. The molecular weight excluding hydrogens is 429 g/mol. The highest BCUT2D eigenvalue weighted by molar-refractivity contribution is 9.10. The van der Waals surface area contributed by atoms with Gasteiger partial charge in [0.15, 0.2) is 5.11 Å². The van der Waals surface area contributed by atoms with Gasteiger partial charge in [-0.3, -0.25) is 4.79 Å². The number of esters is 1.